The number of methoxy groups -OCH3 is 1. The zero-order chi connectivity index (χ0) is 19.5. The minimum Gasteiger partial charge on any atom is -0.385 e. The number of likely N-dealkylation sites (N-methyl/N-ethyl adjacent to an activating group) is 2. The molecular formula is C20H39N3O4. The van der Waals surface area contributed by atoms with Crippen molar-refractivity contribution in [2.24, 2.45) is 5.92 Å². The van der Waals surface area contributed by atoms with Crippen molar-refractivity contribution in [2.75, 3.05) is 60.7 Å². The van der Waals surface area contributed by atoms with Crippen LogP contribution in [0.4, 0.5) is 4.79 Å². The summed E-state index contributed by atoms with van der Waals surface area (Å²) >= 11 is 0. The van der Waals surface area contributed by atoms with Gasteiger partial charge in [-0.2, -0.15) is 0 Å². The minimum absolute atomic E-state index is 0.0473. The Kier molecular flexibility index (Phi) is 10.4. The van der Waals surface area contributed by atoms with E-state index in [0.717, 1.165) is 25.3 Å². The summed E-state index contributed by atoms with van der Waals surface area (Å²) in [6.45, 7) is 3.63. The number of amides is 2. The first-order valence-corrected chi connectivity index (χ1v) is 10.5. The Bertz CT molecular complexity index is 418. The fourth-order valence-corrected chi connectivity index (χ4v) is 4.14. The fraction of sp³-hybridized carbons (Fsp3) is 0.950. The molecule has 7 heteroatoms. The van der Waals surface area contributed by atoms with Gasteiger partial charge in [0, 0.05) is 39.9 Å². The Balaban J connectivity index is 1.92. The van der Waals surface area contributed by atoms with Crippen LogP contribution in [0.2, 0.25) is 0 Å². The van der Waals surface area contributed by atoms with Crippen LogP contribution in [0.5, 0.6) is 0 Å². The molecule has 0 bridgehead atoms. The second-order valence-corrected chi connectivity index (χ2v) is 7.78. The standard InChI is InChI=1S/C20H39N3O4/c1-21-15-18(14-17-8-5-4-6-9-17)22(2)20(24)23-10-13-26-16-19(23)27-12-7-11-25-3/h17-19,21H,4-16H2,1-3H3/t18-,19?/m0/s1. The minimum atomic E-state index is -0.310. The molecule has 158 valence electrons. The van der Waals surface area contributed by atoms with Crippen LogP contribution in [0.3, 0.4) is 0 Å². The van der Waals surface area contributed by atoms with Crippen LogP contribution in [0.25, 0.3) is 0 Å². The molecule has 0 aromatic rings. The molecule has 1 unspecified atom stereocenters. The first-order valence-electron chi connectivity index (χ1n) is 10.5. The lowest BCUT2D eigenvalue weighted by molar-refractivity contribution is -0.125. The van der Waals surface area contributed by atoms with Gasteiger partial charge in [-0.15, -0.1) is 0 Å². The molecule has 2 rings (SSSR count). The number of morpholine rings is 1. The van der Waals surface area contributed by atoms with Gasteiger partial charge in [-0.3, -0.25) is 4.90 Å². The number of carbonyl (C=O) groups is 1. The van der Waals surface area contributed by atoms with E-state index in [-0.39, 0.29) is 18.3 Å². The maximum Gasteiger partial charge on any atom is 0.322 e. The van der Waals surface area contributed by atoms with E-state index in [2.05, 4.69) is 5.32 Å². The lowest BCUT2D eigenvalue weighted by atomic mass is 9.84. The van der Waals surface area contributed by atoms with Gasteiger partial charge in [-0.1, -0.05) is 32.1 Å². The third-order valence-electron chi connectivity index (χ3n) is 5.75. The molecule has 0 radical (unpaired) electrons. The molecule has 0 spiro atoms. The highest BCUT2D eigenvalue weighted by atomic mass is 16.6. The lowest BCUT2D eigenvalue weighted by Gasteiger charge is -2.40. The SMILES string of the molecule is CNC[C@H](CC1CCCCC1)N(C)C(=O)N1CCOCC1OCCCOC. The Hall–Kier alpha value is -0.890. The molecule has 1 heterocycles. The van der Waals surface area contributed by atoms with Gasteiger partial charge in [0.05, 0.1) is 19.8 Å². The molecule has 2 aliphatic rings. The van der Waals surface area contributed by atoms with Crippen LogP contribution < -0.4 is 5.32 Å². The molecule has 1 aliphatic carbocycles. The van der Waals surface area contributed by atoms with Gasteiger partial charge in [-0.25, -0.2) is 4.79 Å². The van der Waals surface area contributed by atoms with E-state index in [0.29, 0.717) is 33.0 Å². The predicted octanol–water partition coefficient (Wildman–Crippen LogP) is 2.31. The number of nitrogens with one attached hydrogen (secondary N) is 1. The molecular weight excluding hydrogens is 346 g/mol. The van der Waals surface area contributed by atoms with Gasteiger partial charge in [0.2, 0.25) is 0 Å². The normalized spacial score (nSPS) is 22.6. The molecule has 2 atom stereocenters. The second-order valence-electron chi connectivity index (χ2n) is 7.78. The Labute approximate surface area is 164 Å². The Morgan fingerprint density at radius 1 is 1.30 bits per heavy atom. The van der Waals surface area contributed by atoms with Gasteiger partial charge >= 0.3 is 6.03 Å². The van der Waals surface area contributed by atoms with Crippen LogP contribution in [0.15, 0.2) is 0 Å². The van der Waals surface area contributed by atoms with E-state index in [9.17, 15) is 4.79 Å². The first kappa shape index (κ1) is 22.4. The van der Waals surface area contributed by atoms with E-state index in [1.165, 1.54) is 32.1 Å². The zero-order valence-electron chi connectivity index (χ0n) is 17.5. The highest BCUT2D eigenvalue weighted by molar-refractivity contribution is 5.75. The van der Waals surface area contributed by atoms with Gasteiger partial charge in [0.1, 0.15) is 0 Å². The number of hydrogen-bond donors (Lipinski definition) is 1. The largest absolute Gasteiger partial charge is 0.385 e. The second kappa shape index (κ2) is 12.5. The predicted molar refractivity (Wildman–Crippen MR) is 106 cm³/mol. The third kappa shape index (κ3) is 7.22. The number of urea groups is 1. The number of nitrogens with zero attached hydrogens (tertiary/aromatic N) is 2. The monoisotopic (exact) mass is 385 g/mol. The number of hydrogen-bond acceptors (Lipinski definition) is 5. The van der Waals surface area contributed by atoms with Crippen LogP contribution in [0.1, 0.15) is 44.9 Å². The highest BCUT2D eigenvalue weighted by Crippen LogP contribution is 2.28. The molecule has 7 nitrogen and oxygen atoms in total. The van der Waals surface area contributed by atoms with E-state index in [1.807, 2.05) is 23.9 Å². The van der Waals surface area contributed by atoms with Crippen molar-refractivity contribution in [3.8, 4) is 0 Å². The number of rotatable bonds is 10. The zero-order valence-corrected chi connectivity index (χ0v) is 17.5. The van der Waals surface area contributed by atoms with Crippen molar-refractivity contribution >= 4 is 6.03 Å². The van der Waals surface area contributed by atoms with Crippen LogP contribution in [-0.2, 0) is 14.2 Å². The highest BCUT2D eigenvalue weighted by Gasteiger charge is 2.33. The molecule has 1 saturated heterocycles. The molecule has 1 N–H and O–H groups in total. The summed E-state index contributed by atoms with van der Waals surface area (Å²) in [6, 6.07) is 0.258. The fourth-order valence-electron chi connectivity index (χ4n) is 4.14. The Morgan fingerprint density at radius 3 is 2.78 bits per heavy atom. The van der Waals surface area contributed by atoms with Gasteiger partial charge < -0.3 is 24.4 Å². The maximum atomic E-state index is 13.2. The van der Waals surface area contributed by atoms with E-state index in [1.54, 1.807) is 7.11 Å². The lowest BCUT2D eigenvalue weighted by Crippen LogP contribution is -2.57. The van der Waals surface area contributed by atoms with Crippen molar-refractivity contribution in [2.45, 2.75) is 57.2 Å². The van der Waals surface area contributed by atoms with Gasteiger partial charge in [0.15, 0.2) is 6.23 Å². The van der Waals surface area contributed by atoms with Crippen LogP contribution >= 0.6 is 0 Å². The summed E-state index contributed by atoms with van der Waals surface area (Å²) in [5.74, 6) is 0.734. The van der Waals surface area contributed by atoms with Gasteiger partial charge in [-0.05, 0) is 25.8 Å². The number of ether oxygens (including phenoxy) is 3. The van der Waals surface area contributed by atoms with Crippen LogP contribution in [-0.4, -0.2) is 88.8 Å². The maximum absolute atomic E-state index is 13.2. The summed E-state index contributed by atoms with van der Waals surface area (Å²) in [7, 11) is 5.58. The molecule has 0 aromatic carbocycles. The van der Waals surface area contributed by atoms with Crippen molar-refractivity contribution in [3.05, 3.63) is 0 Å². The molecule has 2 fully saturated rings. The molecule has 0 aromatic heterocycles. The number of carbonyl (C=O) groups excluding carboxylic acids is 1. The molecule has 2 amide bonds. The first-order chi connectivity index (χ1) is 13.2. The summed E-state index contributed by atoms with van der Waals surface area (Å²) in [5.41, 5.74) is 0. The van der Waals surface area contributed by atoms with E-state index < -0.39 is 0 Å². The summed E-state index contributed by atoms with van der Waals surface area (Å²) in [5, 5.41) is 3.27. The molecule has 1 aliphatic heterocycles. The summed E-state index contributed by atoms with van der Waals surface area (Å²) in [6.07, 6.45) is 8.19. The summed E-state index contributed by atoms with van der Waals surface area (Å²) < 4.78 is 16.5. The van der Waals surface area contributed by atoms with Gasteiger partial charge in [0.25, 0.3) is 0 Å². The Morgan fingerprint density at radius 2 is 2.07 bits per heavy atom. The van der Waals surface area contributed by atoms with Crippen molar-refractivity contribution in [1.82, 2.24) is 15.1 Å². The van der Waals surface area contributed by atoms with Crippen molar-refractivity contribution < 1.29 is 19.0 Å². The smallest absolute Gasteiger partial charge is 0.322 e. The van der Waals surface area contributed by atoms with Crippen molar-refractivity contribution in [3.63, 3.8) is 0 Å². The van der Waals surface area contributed by atoms with Crippen LogP contribution in [0, 0.1) is 5.92 Å². The molecule has 27 heavy (non-hydrogen) atoms. The van der Waals surface area contributed by atoms with E-state index in [4.69, 9.17) is 14.2 Å². The topological polar surface area (TPSA) is 63.3 Å². The average Bonchev–Trinajstić information content (AvgIpc) is 2.71. The third-order valence-corrected chi connectivity index (χ3v) is 5.75. The quantitative estimate of drug-likeness (QED) is 0.585. The average molecular weight is 386 g/mol. The summed E-state index contributed by atoms with van der Waals surface area (Å²) in [4.78, 5) is 17.0. The van der Waals surface area contributed by atoms with Crippen molar-refractivity contribution in [1.29, 1.82) is 0 Å². The molecule has 1 saturated carbocycles. The van der Waals surface area contributed by atoms with E-state index >= 15 is 0 Å².